The van der Waals surface area contributed by atoms with Crippen molar-refractivity contribution in [1.82, 2.24) is 9.21 Å². The molecule has 0 radical (unpaired) electrons. The van der Waals surface area contributed by atoms with Gasteiger partial charge in [-0.15, -0.1) is 0 Å². The molecule has 2 heterocycles. The second-order valence-corrected chi connectivity index (χ2v) is 11.3. The summed E-state index contributed by atoms with van der Waals surface area (Å²) >= 11 is 0. The number of rotatable bonds is 5. The molecule has 2 aliphatic rings. The number of likely N-dealkylation sites (tertiary alicyclic amines) is 1. The highest BCUT2D eigenvalue weighted by molar-refractivity contribution is 7.90. The molecular formula is C24H31F2N3O3S. The van der Waals surface area contributed by atoms with Crippen molar-refractivity contribution in [3.8, 4) is 5.75 Å². The highest BCUT2D eigenvalue weighted by Crippen LogP contribution is 2.44. The van der Waals surface area contributed by atoms with Crippen LogP contribution in [0.3, 0.4) is 0 Å². The van der Waals surface area contributed by atoms with E-state index in [1.54, 1.807) is 25.2 Å². The largest absolute Gasteiger partial charge is 0.488 e. The van der Waals surface area contributed by atoms with E-state index in [2.05, 4.69) is 11.8 Å². The highest BCUT2D eigenvalue weighted by atomic mass is 32.2. The van der Waals surface area contributed by atoms with E-state index in [9.17, 15) is 17.2 Å². The third-order valence-electron chi connectivity index (χ3n) is 6.52. The number of likely N-dealkylation sites (N-methyl/N-ethyl adjacent to an activating group) is 1. The predicted octanol–water partition coefficient (Wildman–Crippen LogP) is 4.17. The molecule has 33 heavy (non-hydrogen) atoms. The number of ether oxygens (including phenoxy) is 1. The molecule has 4 rings (SSSR count). The standard InChI is InChI=1S/C24H31F2N3O3S/c1-17(2)32-23-12-19(8-9-22(23)26)15-28-11-10-24(14-18(28)3)16-27(4)33(30,31)29(24)21-7-5-6-20(25)13-21/h5-9,12-13,17-18H,10-11,14-16H2,1-4H3/t18-,24+/m0/s1. The molecule has 6 nitrogen and oxygen atoms in total. The van der Waals surface area contributed by atoms with Crippen molar-refractivity contribution in [3.63, 3.8) is 0 Å². The third-order valence-corrected chi connectivity index (χ3v) is 8.50. The first kappa shape index (κ1) is 23.9. The highest BCUT2D eigenvalue weighted by Gasteiger charge is 2.55. The lowest BCUT2D eigenvalue weighted by atomic mass is 9.82. The fourth-order valence-electron chi connectivity index (χ4n) is 5.09. The molecule has 0 aliphatic carbocycles. The van der Waals surface area contributed by atoms with Crippen molar-refractivity contribution in [2.24, 2.45) is 0 Å². The number of piperidine rings is 1. The summed E-state index contributed by atoms with van der Waals surface area (Å²) in [5.41, 5.74) is 0.647. The molecule has 0 N–H and O–H groups in total. The maximum Gasteiger partial charge on any atom is 0.304 e. The Morgan fingerprint density at radius 3 is 2.61 bits per heavy atom. The summed E-state index contributed by atoms with van der Waals surface area (Å²) in [6, 6.07) is 10.8. The zero-order valence-electron chi connectivity index (χ0n) is 19.5. The van der Waals surface area contributed by atoms with Crippen LogP contribution < -0.4 is 9.04 Å². The fourth-order valence-corrected chi connectivity index (χ4v) is 6.87. The first-order valence-electron chi connectivity index (χ1n) is 11.2. The molecule has 2 atom stereocenters. The summed E-state index contributed by atoms with van der Waals surface area (Å²) in [4.78, 5) is 2.27. The van der Waals surface area contributed by atoms with Gasteiger partial charge in [-0.3, -0.25) is 9.21 Å². The molecule has 2 aromatic rings. The number of hydrogen-bond acceptors (Lipinski definition) is 4. The molecule has 0 saturated carbocycles. The van der Waals surface area contributed by atoms with E-state index in [4.69, 9.17) is 4.74 Å². The van der Waals surface area contributed by atoms with Crippen LogP contribution in [0.15, 0.2) is 42.5 Å². The summed E-state index contributed by atoms with van der Waals surface area (Å²) in [7, 11) is -2.17. The number of benzene rings is 2. The maximum absolute atomic E-state index is 14.1. The first-order valence-corrected chi connectivity index (χ1v) is 12.6. The SMILES string of the molecule is CC(C)Oc1cc(CN2CC[C@@]3(C[C@@H]2C)CN(C)S(=O)(=O)N3c2cccc(F)c2)ccc1F. The Bertz CT molecular complexity index is 1130. The monoisotopic (exact) mass is 479 g/mol. The number of nitrogens with zero attached hydrogens (tertiary/aromatic N) is 3. The molecule has 2 fully saturated rings. The Morgan fingerprint density at radius 2 is 1.94 bits per heavy atom. The number of hydrogen-bond donors (Lipinski definition) is 0. The summed E-state index contributed by atoms with van der Waals surface area (Å²) in [5.74, 6) is -0.610. The van der Waals surface area contributed by atoms with Crippen LogP contribution in [-0.2, 0) is 16.8 Å². The minimum Gasteiger partial charge on any atom is -0.488 e. The quantitative estimate of drug-likeness (QED) is 0.646. The average Bonchev–Trinajstić information content (AvgIpc) is 2.91. The van der Waals surface area contributed by atoms with E-state index < -0.39 is 21.6 Å². The van der Waals surface area contributed by atoms with Crippen LogP contribution in [0.2, 0.25) is 0 Å². The van der Waals surface area contributed by atoms with Gasteiger partial charge in [0.1, 0.15) is 5.82 Å². The fraction of sp³-hybridized carbons (Fsp3) is 0.500. The van der Waals surface area contributed by atoms with Crippen LogP contribution in [0.25, 0.3) is 0 Å². The zero-order valence-corrected chi connectivity index (χ0v) is 20.3. The van der Waals surface area contributed by atoms with Crippen molar-refractivity contribution in [2.75, 3.05) is 24.4 Å². The van der Waals surface area contributed by atoms with E-state index in [-0.39, 0.29) is 23.7 Å². The second kappa shape index (κ2) is 8.85. The number of halogens is 2. The lowest BCUT2D eigenvalue weighted by Gasteiger charge is -2.47. The van der Waals surface area contributed by atoms with Gasteiger partial charge in [0.05, 0.1) is 17.3 Å². The van der Waals surface area contributed by atoms with Gasteiger partial charge in [-0.2, -0.15) is 12.7 Å². The van der Waals surface area contributed by atoms with Crippen molar-refractivity contribution >= 4 is 15.9 Å². The predicted molar refractivity (Wildman–Crippen MR) is 124 cm³/mol. The Hall–Kier alpha value is -2.23. The Kier molecular flexibility index (Phi) is 6.41. The third kappa shape index (κ3) is 4.58. The van der Waals surface area contributed by atoms with Gasteiger partial charge in [0, 0.05) is 32.7 Å². The molecule has 2 saturated heterocycles. The molecule has 1 spiro atoms. The van der Waals surface area contributed by atoms with Crippen LogP contribution in [0.4, 0.5) is 14.5 Å². The minimum atomic E-state index is -3.74. The molecule has 0 unspecified atom stereocenters. The van der Waals surface area contributed by atoms with E-state index in [1.807, 2.05) is 13.8 Å². The molecular weight excluding hydrogens is 448 g/mol. The molecule has 2 aromatic carbocycles. The van der Waals surface area contributed by atoms with Crippen molar-refractivity contribution in [1.29, 1.82) is 0 Å². The first-order chi connectivity index (χ1) is 15.5. The van der Waals surface area contributed by atoms with Crippen LogP contribution in [0.5, 0.6) is 5.75 Å². The van der Waals surface area contributed by atoms with Crippen LogP contribution in [0, 0.1) is 11.6 Å². The lowest BCUT2D eigenvalue weighted by molar-refractivity contribution is 0.100. The smallest absolute Gasteiger partial charge is 0.304 e. The normalized spacial score (nSPS) is 25.8. The Labute approximate surface area is 194 Å². The Morgan fingerprint density at radius 1 is 1.18 bits per heavy atom. The summed E-state index contributed by atoms with van der Waals surface area (Å²) in [6.07, 6.45) is 1.08. The van der Waals surface area contributed by atoms with Gasteiger partial charge in [0.15, 0.2) is 11.6 Å². The van der Waals surface area contributed by atoms with E-state index in [1.165, 1.54) is 32.9 Å². The summed E-state index contributed by atoms with van der Waals surface area (Å²) in [5, 5.41) is 0. The molecule has 9 heteroatoms. The lowest BCUT2D eigenvalue weighted by Crippen LogP contribution is -2.57. The topological polar surface area (TPSA) is 53.1 Å². The second-order valence-electron chi connectivity index (χ2n) is 9.44. The average molecular weight is 480 g/mol. The maximum atomic E-state index is 14.1. The molecule has 0 aromatic heterocycles. The Balaban J connectivity index is 1.57. The summed E-state index contributed by atoms with van der Waals surface area (Å²) < 4.78 is 62.8. The molecule has 180 valence electrons. The number of anilines is 1. The van der Waals surface area contributed by atoms with E-state index in [0.29, 0.717) is 38.2 Å². The van der Waals surface area contributed by atoms with Gasteiger partial charge in [-0.1, -0.05) is 12.1 Å². The van der Waals surface area contributed by atoms with Crippen LogP contribution >= 0.6 is 0 Å². The van der Waals surface area contributed by atoms with Crippen molar-refractivity contribution < 1.29 is 21.9 Å². The molecule has 0 amide bonds. The van der Waals surface area contributed by atoms with Gasteiger partial charge in [0.25, 0.3) is 0 Å². The van der Waals surface area contributed by atoms with E-state index >= 15 is 0 Å². The van der Waals surface area contributed by atoms with Gasteiger partial charge in [-0.05, 0) is 69.5 Å². The van der Waals surface area contributed by atoms with Gasteiger partial charge in [-0.25, -0.2) is 8.78 Å². The molecule has 2 aliphatic heterocycles. The van der Waals surface area contributed by atoms with E-state index in [0.717, 1.165) is 5.56 Å². The van der Waals surface area contributed by atoms with Crippen LogP contribution in [0.1, 0.15) is 39.2 Å². The van der Waals surface area contributed by atoms with Crippen molar-refractivity contribution in [3.05, 3.63) is 59.7 Å². The van der Waals surface area contributed by atoms with Gasteiger partial charge >= 0.3 is 10.2 Å². The zero-order chi connectivity index (χ0) is 24.0. The van der Waals surface area contributed by atoms with Gasteiger partial charge in [0.2, 0.25) is 0 Å². The summed E-state index contributed by atoms with van der Waals surface area (Å²) in [6.45, 7) is 7.41. The van der Waals surface area contributed by atoms with Gasteiger partial charge < -0.3 is 4.74 Å². The van der Waals surface area contributed by atoms with Crippen molar-refractivity contribution in [2.45, 2.75) is 57.8 Å². The minimum absolute atomic E-state index is 0.0658. The van der Waals surface area contributed by atoms with Crippen LogP contribution in [-0.4, -0.2) is 55.4 Å². The molecule has 0 bridgehead atoms.